The normalized spacial score (nSPS) is 13.7. The lowest BCUT2D eigenvalue weighted by molar-refractivity contribution is -0.123. The van der Waals surface area contributed by atoms with Crippen LogP contribution in [0.15, 0.2) is 34.9 Å². The van der Waals surface area contributed by atoms with Crippen molar-refractivity contribution >= 4 is 17.7 Å². The van der Waals surface area contributed by atoms with E-state index >= 15 is 0 Å². The van der Waals surface area contributed by atoms with Crippen molar-refractivity contribution in [2.45, 2.75) is 25.8 Å². The molecule has 1 aromatic carbocycles. The van der Waals surface area contributed by atoms with Crippen molar-refractivity contribution in [2.75, 3.05) is 25.5 Å². The van der Waals surface area contributed by atoms with Crippen LogP contribution in [0.1, 0.15) is 18.4 Å². The van der Waals surface area contributed by atoms with Gasteiger partial charge in [-0.15, -0.1) is 0 Å². The van der Waals surface area contributed by atoms with Crippen molar-refractivity contribution in [2.24, 2.45) is 0 Å². The third-order valence-corrected chi connectivity index (χ3v) is 3.89. The van der Waals surface area contributed by atoms with E-state index in [2.05, 4.69) is 15.8 Å². The third-order valence-electron chi connectivity index (χ3n) is 3.89. The van der Waals surface area contributed by atoms with Crippen LogP contribution in [0.2, 0.25) is 0 Å². The maximum atomic E-state index is 12.1. The summed E-state index contributed by atoms with van der Waals surface area (Å²) >= 11 is 0. The number of nitrogens with zero attached hydrogens (tertiary/aromatic N) is 2. The van der Waals surface area contributed by atoms with Crippen LogP contribution in [0.5, 0.6) is 0 Å². The summed E-state index contributed by atoms with van der Waals surface area (Å²) in [6, 6.07) is 9.89. The average Bonchev–Trinajstić information content (AvgIpc) is 3.23. The first kappa shape index (κ1) is 17.2. The summed E-state index contributed by atoms with van der Waals surface area (Å²) in [4.78, 5) is 25.4. The van der Waals surface area contributed by atoms with E-state index in [-0.39, 0.29) is 30.8 Å². The van der Waals surface area contributed by atoms with Gasteiger partial charge in [0.05, 0.1) is 13.1 Å². The predicted octanol–water partition coefficient (Wildman–Crippen LogP) is 1.80. The first-order valence-corrected chi connectivity index (χ1v) is 8.31. The largest absolute Gasteiger partial charge is 0.352 e. The Morgan fingerprint density at radius 2 is 1.88 bits per heavy atom. The summed E-state index contributed by atoms with van der Waals surface area (Å²) in [7, 11) is 1.73. The van der Waals surface area contributed by atoms with Crippen LogP contribution in [0.4, 0.5) is 5.88 Å². The van der Waals surface area contributed by atoms with Crippen LogP contribution < -0.4 is 10.6 Å². The molecular weight excluding hydrogens is 320 g/mol. The van der Waals surface area contributed by atoms with Crippen molar-refractivity contribution in [1.82, 2.24) is 15.4 Å². The van der Waals surface area contributed by atoms with E-state index in [4.69, 9.17) is 4.52 Å². The highest BCUT2D eigenvalue weighted by Crippen LogP contribution is 2.22. The summed E-state index contributed by atoms with van der Waals surface area (Å²) in [5.74, 6) is -0.0242. The Balaban J connectivity index is 1.49. The van der Waals surface area contributed by atoms with E-state index in [0.29, 0.717) is 11.7 Å². The van der Waals surface area contributed by atoms with Crippen LogP contribution in [-0.2, 0) is 9.59 Å². The van der Waals surface area contributed by atoms with E-state index in [9.17, 15) is 9.59 Å². The fourth-order valence-corrected chi connectivity index (χ4v) is 2.42. The number of rotatable bonds is 7. The fourth-order valence-electron chi connectivity index (χ4n) is 2.42. The number of likely N-dealkylation sites (N-methyl/N-ethyl adjacent to an activating group) is 1. The molecule has 0 saturated heterocycles. The van der Waals surface area contributed by atoms with Gasteiger partial charge in [-0.3, -0.25) is 19.8 Å². The molecule has 1 aromatic heterocycles. The molecule has 2 aromatic rings. The lowest BCUT2D eigenvalue weighted by Gasteiger charge is -2.15. The van der Waals surface area contributed by atoms with Crippen molar-refractivity contribution in [3.05, 3.63) is 35.9 Å². The molecule has 1 saturated carbocycles. The number of amides is 2. The molecule has 1 aliphatic rings. The molecule has 3 rings (SSSR count). The first-order valence-electron chi connectivity index (χ1n) is 8.31. The summed E-state index contributed by atoms with van der Waals surface area (Å²) < 4.78 is 5.16. The molecular formula is C18H22N4O3. The Kier molecular flexibility index (Phi) is 5.14. The second-order valence-electron chi connectivity index (χ2n) is 6.50. The second kappa shape index (κ2) is 7.48. The topological polar surface area (TPSA) is 87.5 Å². The number of aromatic nitrogens is 1. The van der Waals surface area contributed by atoms with Crippen LogP contribution >= 0.6 is 0 Å². The Bertz CT molecular complexity index is 750. The molecule has 0 bridgehead atoms. The number of carbonyl (C=O) groups excluding carboxylic acids is 2. The van der Waals surface area contributed by atoms with E-state index < -0.39 is 0 Å². The van der Waals surface area contributed by atoms with Crippen molar-refractivity contribution in [1.29, 1.82) is 0 Å². The molecule has 0 unspecified atom stereocenters. The standard InChI is InChI=1S/C18H22N4O3/c1-12-3-5-13(6-4-12)15-9-18(25-21-15)20-17(24)11-22(2)10-16(23)19-14-7-8-14/h3-6,9,14H,7-8,10-11H2,1-2H3,(H,19,23)(H,20,24). The smallest absolute Gasteiger partial charge is 0.240 e. The highest BCUT2D eigenvalue weighted by atomic mass is 16.5. The monoisotopic (exact) mass is 342 g/mol. The van der Waals surface area contributed by atoms with Gasteiger partial charge in [0.1, 0.15) is 5.69 Å². The zero-order valence-corrected chi connectivity index (χ0v) is 14.4. The molecule has 1 aliphatic carbocycles. The Morgan fingerprint density at radius 1 is 1.20 bits per heavy atom. The maximum Gasteiger partial charge on any atom is 0.240 e. The van der Waals surface area contributed by atoms with Gasteiger partial charge in [0.15, 0.2) is 0 Å². The lowest BCUT2D eigenvalue weighted by Crippen LogP contribution is -2.39. The summed E-state index contributed by atoms with van der Waals surface area (Å²) in [6.45, 7) is 2.30. The Labute approximate surface area is 146 Å². The quantitative estimate of drug-likeness (QED) is 0.801. The zero-order valence-electron chi connectivity index (χ0n) is 14.4. The molecule has 25 heavy (non-hydrogen) atoms. The molecule has 2 N–H and O–H groups in total. The maximum absolute atomic E-state index is 12.1. The van der Waals surface area contributed by atoms with Crippen LogP contribution in [0.3, 0.4) is 0 Å². The minimum Gasteiger partial charge on any atom is -0.352 e. The van der Waals surface area contributed by atoms with E-state index in [1.807, 2.05) is 31.2 Å². The van der Waals surface area contributed by atoms with E-state index in [1.54, 1.807) is 18.0 Å². The van der Waals surface area contributed by atoms with E-state index in [1.165, 1.54) is 0 Å². The SMILES string of the molecule is Cc1ccc(-c2cc(NC(=O)CN(C)CC(=O)NC3CC3)on2)cc1. The van der Waals surface area contributed by atoms with E-state index in [0.717, 1.165) is 24.0 Å². The number of anilines is 1. The molecule has 0 atom stereocenters. The van der Waals surface area contributed by atoms with Gasteiger partial charge in [0.2, 0.25) is 17.7 Å². The van der Waals surface area contributed by atoms with Crippen molar-refractivity contribution in [3.8, 4) is 11.3 Å². The number of aryl methyl sites for hydroxylation is 1. The van der Waals surface area contributed by atoms with Gasteiger partial charge >= 0.3 is 0 Å². The highest BCUT2D eigenvalue weighted by molar-refractivity contribution is 5.91. The number of nitrogens with one attached hydrogen (secondary N) is 2. The van der Waals surface area contributed by atoms with Gasteiger partial charge in [0, 0.05) is 17.7 Å². The molecule has 1 fully saturated rings. The minimum atomic E-state index is -0.256. The van der Waals surface area contributed by atoms with Crippen LogP contribution in [0.25, 0.3) is 11.3 Å². The summed E-state index contributed by atoms with van der Waals surface area (Å²) in [6.07, 6.45) is 2.09. The number of carbonyl (C=O) groups is 2. The Hall–Kier alpha value is -2.67. The molecule has 2 amide bonds. The van der Waals surface area contributed by atoms with Crippen LogP contribution in [0, 0.1) is 6.92 Å². The average molecular weight is 342 g/mol. The highest BCUT2D eigenvalue weighted by Gasteiger charge is 2.23. The number of hydrogen-bond donors (Lipinski definition) is 2. The minimum absolute atomic E-state index is 0.0564. The summed E-state index contributed by atoms with van der Waals surface area (Å²) in [5, 5.41) is 9.52. The number of hydrogen-bond acceptors (Lipinski definition) is 5. The molecule has 0 aliphatic heterocycles. The lowest BCUT2D eigenvalue weighted by atomic mass is 10.1. The van der Waals surface area contributed by atoms with Gasteiger partial charge in [-0.25, -0.2) is 0 Å². The first-order chi connectivity index (χ1) is 12.0. The van der Waals surface area contributed by atoms with Crippen molar-refractivity contribution < 1.29 is 14.1 Å². The predicted molar refractivity (Wildman–Crippen MR) is 94.0 cm³/mol. The number of benzene rings is 1. The molecule has 7 nitrogen and oxygen atoms in total. The molecule has 7 heteroatoms. The molecule has 0 spiro atoms. The molecule has 0 radical (unpaired) electrons. The van der Waals surface area contributed by atoms with Crippen molar-refractivity contribution in [3.63, 3.8) is 0 Å². The molecule has 132 valence electrons. The van der Waals surface area contributed by atoms with Gasteiger partial charge in [-0.05, 0) is 26.8 Å². The van der Waals surface area contributed by atoms with Crippen LogP contribution in [-0.4, -0.2) is 48.0 Å². The van der Waals surface area contributed by atoms with Gasteiger partial charge in [-0.2, -0.15) is 0 Å². The second-order valence-corrected chi connectivity index (χ2v) is 6.50. The summed E-state index contributed by atoms with van der Waals surface area (Å²) in [5.41, 5.74) is 2.74. The van der Waals surface area contributed by atoms with Gasteiger partial charge in [0.25, 0.3) is 0 Å². The zero-order chi connectivity index (χ0) is 17.8. The Morgan fingerprint density at radius 3 is 2.56 bits per heavy atom. The fraction of sp³-hybridized carbons (Fsp3) is 0.389. The third kappa shape index (κ3) is 5.15. The van der Waals surface area contributed by atoms with Gasteiger partial charge in [-0.1, -0.05) is 35.0 Å². The van der Waals surface area contributed by atoms with Gasteiger partial charge < -0.3 is 9.84 Å². The molecule has 1 heterocycles.